The Morgan fingerprint density at radius 2 is 2.04 bits per heavy atom. The zero-order valence-electron chi connectivity index (χ0n) is 16.1. The van der Waals surface area contributed by atoms with E-state index in [0.717, 1.165) is 53.9 Å². The molecule has 0 spiro atoms. The molecule has 0 bridgehead atoms. The van der Waals surface area contributed by atoms with Crippen LogP contribution in [-0.4, -0.2) is 43.4 Å². The van der Waals surface area contributed by atoms with Gasteiger partial charge >= 0.3 is 0 Å². The smallest absolute Gasteiger partial charge is 0.219 e. The number of amides is 1. The Morgan fingerprint density at radius 1 is 1.26 bits per heavy atom. The van der Waals surface area contributed by atoms with Crippen LogP contribution in [0.15, 0.2) is 36.9 Å². The Hall–Kier alpha value is -2.76. The number of piperidine rings is 1. The molecule has 1 aliphatic rings. The highest BCUT2D eigenvalue weighted by molar-refractivity contribution is 5.90. The Bertz CT molecular complexity index is 955. The lowest BCUT2D eigenvalue weighted by Gasteiger charge is -2.31. The van der Waals surface area contributed by atoms with Gasteiger partial charge in [0.15, 0.2) is 0 Å². The number of rotatable bonds is 3. The summed E-state index contributed by atoms with van der Waals surface area (Å²) in [7, 11) is 0. The molecule has 1 saturated heterocycles. The average Bonchev–Trinajstić information content (AvgIpc) is 3.12. The number of nitrogens with zero attached hydrogens (tertiary/aromatic N) is 5. The van der Waals surface area contributed by atoms with Crippen molar-refractivity contribution < 1.29 is 4.79 Å². The van der Waals surface area contributed by atoms with Crippen molar-refractivity contribution in [2.45, 2.75) is 45.6 Å². The number of hydrogen-bond donors (Lipinski definition) is 0. The van der Waals surface area contributed by atoms with Crippen LogP contribution in [0.1, 0.15) is 51.3 Å². The van der Waals surface area contributed by atoms with Crippen molar-refractivity contribution in [3.63, 3.8) is 0 Å². The molecule has 0 radical (unpaired) electrons. The molecule has 3 aromatic heterocycles. The number of likely N-dealkylation sites (tertiary alicyclic amines) is 1. The SMILES string of the molecule is CC(=O)N1CCC(c2cc3c(ncn3C(C)C)c(-c3cccnc3)n2)CC1. The van der Waals surface area contributed by atoms with E-state index in [1.54, 1.807) is 13.1 Å². The lowest BCUT2D eigenvalue weighted by Crippen LogP contribution is -2.36. The number of hydrogen-bond acceptors (Lipinski definition) is 4. The number of carbonyl (C=O) groups is 1. The molecule has 0 saturated carbocycles. The minimum atomic E-state index is 0.158. The van der Waals surface area contributed by atoms with Gasteiger partial charge in [-0.2, -0.15) is 0 Å². The molecular formula is C21H25N5O. The summed E-state index contributed by atoms with van der Waals surface area (Å²) in [6.07, 6.45) is 7.41. The van der Waals surface area contributed by atoms with Gasteiger partial charge in [-0.05, 0) is 44.9 Å². The molecule has 0 aliphatic carbocycles. The fraction of sp³-hybridized carbons (Fsp3) is 0.429. The summed E-state index contributed by atoms with van der Waals surface area (Å²) in [5.41, 5.74) is 5.00. The van der Waals surface area contributed by atoms with Crippen molar-refractivity contribution in [3.8, 4) is 11.3 Å². The van der Waals surface area contributed by atoms with Crippen molar-refractivity contribution in [2.24, 2.45) is 0 Å². The minimum Gasteiger partial charge on any atom is -0.343 e. The zero-order valence-corrected chi connectivity index (χ0v) is 16.1. The molecule has 140 valence electrons. The minimum absolute atomic E-state index is 0.158. The summed E-state index contributed by atoms with van der Waals surface area (Å²) in [4.78, 5) is 27.5. The number of pyridine rings is 2. The summed E-state index contributed by atoms with van der Waals surface area (Å²) >= 11 is 0. The molecule has 3 aromatic rings. The lowest BCUT2D eigenvalue weighted by molar-refractivity contribution is -0.129. The highest BCUT2D eigenvalue weighted by Crippen LogP contribution is 2.33. The first kappa shape index (κ1) is 17.6. The highest BCUT2D eigenvalue weighted by atomic mass is 16.2. The van der Waals surface area contributed by atoms with Gasteiger partial charge in [0, 0.05) is 55.6 Å². The van der Waals surface area contributed by atoms with Gasteiger partial charge in [0.2, 0.25) is 5.91 Å². The summed E-state index contributed by atoms with van der Waals surface area (Å²) in [6.45, 7) is 7.57. The Kier molecular flexibility index (Phi) is 4.64. The second-order valence-electron chi connectivity index (χ2n) is 7.53. The maximum atomic E-state index is 11.6. The van der Waals surface area contributed by atoms with Gasteiger partial charge in [-0.3, -0.25) is 14.8 Å². The predicted molar refractivity (Wildman–Crippen MR) is 105 cm³/mol. The highest BCUT2D eigenvalue weighted by Gasteiger charge is 2.25. The lowest BCUT2D eigenvalue weighted by atomic mass is 9.92. The van der Waals surface area contributed by atoms with E-state index in [2.05, 4.69) is 34.4 Å². The van der Waals surface area contributed by atoms with Crippen LogP contribution >= 0.6 is 0 Å². The van der Waals surface area contributed by atoms with E-state index >= 15 is 0 Å². The summed E-state index contributed by atoms with van der Waals surface area (Å²) in [5, 5.41) is 0. The Balaban J connectivity index is 1.79. The van der Waals surface area contributed by atoms with E-state index in [4.69, 9.17) is 4.98 Å². The molecule has 1 fully saturated rings. The third-order valence-corrected chi connectivity index (χ3v) is 5.43. The molecule has 6 nitrogen and oxygen atoms in total. The maximum Gasteiger partial charge on any atom is 0.219 e. The van der Waals surface area contributed by atoms with Gasteiger partial charge < -0.3 is 9.47 Å². The van der Waals surface area contributed by atoms with E-state index in [9.17, 15) is 4.79 Å². The quantitative estimate of drug-likeness (QED) is 0.710. The first-order chi connectivity index (χ1) is 13.0. The molecule has 27 heavy (non-hydrogen) atoms. The van der Waals surface area contributed by atoms with Crippen LogP contribution in [0.4, 0.5) is 0 Å². The maximum absolute atomic E-state index is 11.6. The molecule has 6 heteroatoms. The van der Waals surface area contributed by atoms with Crippen molar-refractivity contribution >= 4 is 16.9 Å². The van der Waals surface area contributed by atoms with Crippen LogP contribution in [0, 0.1) is 0 Å². The van der Waals surface area contributed by atoms with Gasteiger partial charge in [-0.25, -0.2) is 4.98 Å². The third kappa shape index (κ3) is 3.31. The molecule has 4 heterocycles. The molecule has 0 N–H and O–H groups in total. The monoisotopic (exact) mass is 363 g/mol. The van der Waals surface area contributed by atoms with E-state index in [1.807, 2.05) is 29.6 Å². The largest absolute Gasteiger partial charge is 0.343 e. The second-order valence-corrected chi connectivity index (χ2v) is 7.53. The molecule has 4 rings (SSSR count). The van der Waals surface area contributed by atoms with E-state index < -0.39 is 0 Å². The molecule has 0 atom stereocenters. The van der Waals surface area contributed by atoms with Crippen molar-refractivity contribution in [2.75, 3.05) is 13.1 Å². The topological polar surface area (TPSA) is 63.9 Å². The van der Waals surface area contributed by atoms with Crippen LogP contribution in [0.2, 0.25) is 0 Å². The normalized spacial score (nSPS) is 15.6. The van der Waals surface area contributed by atoms with Gasteiger partial charge in [-0.1, -0.05) is 0 Å². The molecule has 1 aliphatic heterocycles. The van der Waals surface area contributed by atoms with E-state index in [-0.39, 0.29) is 5.91 Å². The second kappa shape index (κ2) is 7.10. The van der Waals surface area contributed by atoms with Gasteiger partial charge in [0.1, 0.15) is 5.52 Å². The van der Waals surface area contributed by atoms with Gasteiger partial charge in [0.05, 0.1) is 17.5 Å². The first-order valence-corrected chi connectivity index (χ1v) is 9.58. The number of carbonyl (C=O) groups excluding carboxylic acids is 1. The summed E-state index contributed by atoms with van der Waals surface area (Å²) in [5.74, 6) is 0.515. The van der Waals surface area contributed by atoms with Crippen LogP contribution < -0.4 is 0 Å². The standard InChI is InChI=1S/C21H25N5O/c1-14(2)26-13-23-21-19(26)11-18(16-6-9-25(10-7-16)15(3)27)24-20(21)17-5-4-8-22-12-17/h4-5,8,11-14,16H,6-7,9-10H2,1-3H3. The summed E-state index contributed by atoms with van der Waals surface area (Å²) in [6, 6.07) is 6.48. The fourth-order valence-electron chi connectivity index (χ4n) is 3.87. The van der Waals surface area contributed by atoms with E-state index in [0.29, 0.717) is 12.0 Å². The Labute approximate surface area is 159 Å². The van der Waals surface area contributed by atoms with Crippen LogP contribution in [0.5, 0.6) is 0 Å². The fourth-order valence-corrected chi connectivity index (χ4v) is 3.87. The molecule has 0 aromatic carbocycles. The summed E-state index contributed by atoms with van der Waals surface area (Å²) < 4.78 is 2.20. The average molecular weight is 363 g/mol. The van der Waals surface area contributed by atoms with Crippen LogP contribution in [0.25, 0.3) is 22.3 Å². The van der Waals surface area contributed by atoms with Gasteiger partial charge in [0.25, 0.3) is 0 Å². The number of imidazole rings is 1. The first-order valence-electron chi connectivity index (χ1n) is 9.58. The van der Waals surface area contributed by atoms with Crippen LogP contribution in [-0.2, 0) is 4.79 Å². The van der Waals surface area contributed by atoms with Crippen molar-refractivity contribution in [1.82, 2.24) is 24.4 Å². The third-order valence-electron chi connectivity index (χ3n) is 5.43. The molecule has 1 amide bonds. The molecular weight excluding hydrogens is 338 g/mol. The van der Waals surface area contributed by atoms with Gasteiger partial charge in [-0.15, -0.1) is 0 Å². The number of fused-ring (bicyclic) bond motifs is 1. The van der Waals surface area contributed by atoms with E-state index in [1.165, 1.54) is 0 Å². The number of aromatic nitrogens is 4. The van der Waals surface area contributed by atoms with Crippen LogP contribution in [0.3, 0.4) is 0 Å². The Morgan fingerprint density at radius 3 is 2.67 bits per heavy atom. The zero-order chi connectivity index (χ0) is 19.0. The van der Waals surface area contributed by atoms with Crippen molar-refractivity contribution in [3.05, 3.63) is 42.6 Å². The molecule has 0 unspecified atom stereocenters. The van der Waals surface area contributed by atoms with Crippen molar-refractivity contribution in [1.29, 1.82) is 0 Å². The predicted octanol–water partition coefficient (Wildman–Crippen LogP) is 3.80.